The van der Waals surface area contributed by atoms with E-state index in [1.54, 1.807) is 16.2 Å². The van der Waals surface area contributed by atoms with Crippen LogP contribution in [0.3, 0.4) is 0 Å². The molecular weight excluding hydrogens is 502 g/mol. The number of pyridine rings is 1. The highest BCUT2D eigenvalue weighted by Gasteiger charge is 2.60. The van der Waals surface area contributed by atoms with E-state index >= 15 is 0 Å². The maximum Gasteiger partial charge on any atom is 0.279 e. The zero-order valence-corrected chi connectivity index (χ0v) is 21.9. The van der Waals surface area contributed by atoms with Gasteiger partial charge in [-0.15, -0.1) is 10.2 Å². The minimum Gasteiger partial charge on any atom is -0.396 e. The van der Waals surface area contributed by atoms with Gasteiger partial charge in [0.15, 0.2) is 0 Å². The molecule has 0 amide bonds. The molecule has 0 radical (unpaired) electrons. The highest BCUT2D eigenvalue weighted by Crippen LogP contribution is 2.56. The predicted octanol–water partition coefficient (Wildman–Crippen LogP) is 3.90. The van der Waals surface area contributed by atoms with Crippen LogP contribution in [0.15, 0.2) is 47.7 Å². The van der Waals surface area contributed by atoms with Gasteiger partial charge in [-0.25, -0.2) is 8.78 Å². The smallest absolute Gasteiger partial charge is 0.279 e. The number of rotatable bonds is 9. The van der Waals surface area contributed by atoms with Gasteiger partial charge in [0.25, 0.3) is 11.5 Å². The average Bonchev–Trinajstić information content (AvgIpc) is 3.81. The number of aliphatic hydroxyl groups excluding tert-OH is 1. The standard InChI is InChI=1S/C29H32F2N6O2/c1-36-17-33-35-26(36)28(13-29(30,31)14-28)19-3-2-4-21(9-19)37-12-23(18-5-6-18)22-10-20(34-24(22)25(37)39)11-32-15-27(16-38)7-8-27/h2-4,9-10,12,17-18,32,34,38H,5-8,11,13-16H2,1H3. The number of aromatic amines is 1. The van der Waals surface area contributed by atoms with Crippen LogP contribution in [-0.4, -0.2) is 48.5 Å². The summed E-state index contributed by atoms with van der Waals surface area (Å²) in [7, 11) is 1.77. The van der Waals surface area contributed by atoms with E-state index < -0.39 is 11.3 Å². The van der Waals surface area contributed by atoms with E-state index in [1.807, 2.05) is 30.5 Å². The van der Waals surface area contributed by atoms with Crippen molar-refractivity contribution in [3.05, 3.63) is 75.9 Å². The summed E-state index contributed by atoms with van der Waals surface area (Å²) in [6.07, 6.45) is 7.00. The molecule has 0 bridgehead atoms. The van der Waals surface area contributed by atoms with E-state index in [4.69, 9.17) is 0 Å². The number of hydrogen-bond acceptors (Lipinski definition) is 5. The Morgan fingerprint density at radius 1 is 1.21 bits per heavy atom. The van der Waals surface area contributed by atoms with Gasteiger partial charge in [-0.1, -0.05) is 12.1 Å². The summed E-state index contributed by atoms with van der Waals surface area (Å²) >= 11 is 0. The second-order valence-corrected chi connectivity index (χ2v) is 12.0. The van der Waals surface area contributed by atoms with Crippen LogP contribution in [0.5, 0.6) is 0 Å². The van der Waals surface area contributed by atoms with Gasteiger partial charge in [-0.2, -0.15) is 0 Å². The first-order valence-corrected chi connectivity index (χ1v) is 13.6. The van der Waals surface area contributed by atoms with Crippen LogP contribution in [0.2, 0.25) is 0 Å². The van der Waals surface area contributed by atoms with E-state index in [0.29, 0.717) is 35.1 Å². The lowest BCUT2D eigenvalue weighted by atomic mass is 9.61. The van der Waals surface area contributed by atoms with Crippen molar-refractivity contribution in [2.75, 3.05) is 13.2 Å². The third-order valence-corrected chi connectivity index (χ3v) is 8.95. The number of aromatic nitrogens is 5. The Labute approximate surface area is 224 Å². The number of fused-ring (bicyclic) bond motifs is 1. The Balaban J connectivity index is 1.27. The lowest BCUT2D eigenvalue weighted by molar-refractivity contribution is -0.116. The summed E-state index contributed by atoms with van der Waals surface area (Å²) in [4.78, 5) is 17.1. The third-order valence-electron chi connectivity index (χ3n) is 8.95. The number of H-pyrrole nitrogens is 1. The van der Waals surface area contributed by atoms with Crippen LogP contribution in [0.25, 0.3) is 16.6 Å². The Hall–Kier alpha value is -3.37. The van der Waals surface area contributed by atoms with Crippen molar-refractivity contribution in [3.8, 4) is 5.69 Å². The molecule has 3 aromatic heterocycles. The largest absolute Gasteiger partial charge is 0.396 e. The zero-order chi connectivity index (χ0) is 27.0. The van der Waals surface area contributed by atoms with Gasteiger partial charge in [0, 0.05) is 68.0 Å². The molecule has 0 aliphatic heterocycles. The molecule has 0 unspecified atom stereocenters. The second kappa shape index (κ2) is 8.56. The van der Waals surface area contributed by atoms with Crippen molar-refractivity contribution in [3.63, 3.8) is 0 Å². The zero-order valence-electron chi connectivity index (χ0n) is 21.9. The molecule has 1 aromatic carbocycles. The molecule has 3 N–H and O–H groups in total. The fraction of sp³-hybridized carbons (Fsp3) is 0.483. The summed E-state index contributed by atoms with van der Waals surface area (Å²) < 4.78 is 31.9. The highest BCUT2D eigenvalue weighted by atomic mass is 19.3. The van der Waals surface area contributed by atoms with Crippen LogP contribution >= 0.6 is 0 Å². The maximum atomic E-state index is 14.3. The van der Waals surface area contributed by atoms with Crippen molar-refractivity contribution >= 4 is 10.9 Å². The third kappa shape index (κ3) is 4.12. The summed E-state index contributed by atoms with van der Waals surface area (Å²) in [6.45, 7) is 1.53. The number of nitrogens with one attached hydrogen (secondary N) is 2. The Morgan fingerprint density at radius 2 is 2.00 bits per heavy atom. The van der Waals surface area contributed by atoms with Gasteiger partial charge < -0.3 is 20.0 Å². The molecular formula is C29H32F2N6O2. The van der Waals surface area contributed by atoms with Crippen molar-refractivity contribution < 1.29 is 13.9 Å². The van der Waals surface area contributed by atoms with E-state index in [0.717, 1.165) is 48.9 Å². The molecule has 3 aliphatic rings. The fourth-order valence-corrected chi connectivity index (χ4v) is 6.32. The molecule has 3 fully saturated rings. The van der Waals surface area contributed by atoms with E-state index in [9.17, 15) is 18.7 Å². The Bertz CT molecular complexity index is 1620. The molecule has 204 valence electrons. The van der Waals surface area contributed by atoms with Crippen molar-refractivity contribution in [1.29, 1.82) is 0 Å². The SMILES string of the molecule is Cn1cnnc1C1(c2cccc(-n3cc(C4CC4)c4cc(CNCC5(CO)CC5)[nH]c4c3=O)c2)CC(F)(F)C1. The molecule has 10 heteroatoms. The number of nitrogens with zero attached hydrogens (tertiary/aromatic N) is 4. The number of alkyl halides is 2. The lowest BCUT2D eigenvalue weighted by Gasteiger charge is -2.46. The van der Waals surface area contributed by atoms with Gasteiger partial charge in [-0.3, -0.25) is 9.36 Å². The summed E-state index contributed by atoms with van der Waals surface area (Å²) in [5, 5.41) is 22.1. The fourth-order valence-electron chi connectivity index (χ4n) is 6.32. The predicted molar refractivity (Wildman–Crippen MR) is 142 cm³/mol. The quantitative estimate of drug-likeness (QED) is 0.302. The van der Waals surface area contributed by atoms with Crippen LogP contribution in [-0.2, 0) is 19.0 Å². The van der Waals surface area contributed by atoms with Gasteiger partial charge >= 0.3 is 0 Å². The molecule has 39 heavy (non-hydrogen) atoms. The van der Waals surface area contributed by atoms with E-state index in [-0.39, 0.29) is 30.4 Å². The topological polar surface area (TPSA) is 101 Å². The van der Waals surface area contributed by atoms with Crippen molar-refractivity contribution in [1.82, 2.24) is 29.6 Å². The van der Waals surface area contributed by atoms with Crippen LogP contribution < -0.4 is 10.9 Å². The van der Waals surface area contributed by atoms with E-state index in [1.165, 1.54) is 6.33 Å². The molecule has 3 heterocycles. The number of aliphatic hydroxyl groups is 1. The first-order valence-electron chi connectivity index (χ1n) is 13.6. The van der Waals surface area contributed by atoms with Gasteiger partial charge in [0.1, 0.15) is 17.7 Å². The molecule has 8 nitrogen and oxygen atoms in total. The minimum absolute atomic E-state index is 0.00960. The molecule has 0 spiro atoms. The molecule has 0 saturated heterocycles. The normalized spacial score (nSPS) is 20.7. The minimum atomic E-state index is -2.78. The lowest BCUT2D eigenvalue weighted by Crippen LogP contribution is -2.51. The highest BCUT2D eigenvalue weighted by molar-refractivity contribution is 5.84. The first kappa shape index (κ1) is 24.7. The monoisotopic (exact) mass is 534 g/mol. The molecule has 3 aliphatic carbocycles. The Kier molecular flexibility index (Phi) is 5.41. The van der Waals surface area contributed by atoms with Crippen LogP contribution in [0, 0.1) is 5.41 Å². The maximum absolute atomic E-state index is 14.3. The molecule has 4 aromatic rings. The number of hydrogen-bond donors (Lipinski definition) is 3. The number of aryl methyl sites for hydroxylation is 1. The average molecular weight is 535 g/mol. The van der Waals surface area contributed by atoms with Crippen molar-refractivity contribution in [2.45, 2.75) is 62.3 Å². The van der Waals surface area contributed by atoms with Gasteiger partial charge in [-0.05, 0) is 60.9 Å². The Morgan fingerprint density at radius 3 is 2.64 bits per heavy atom. The number of benzene rings is 1. The summed E-state index contributed by atoms with van der Waals surface area (Å²) in [5.74, 6) is -1.87. The van der Waals surface area contributed by atoms with Gasteiger partial charge in [0.2, 0.25) is 0 Å². The first-order chi connectivity index (χ1) is 18.7. The van der Waals surface area contributed by atoms with E-state index in [2.05, 4.69) is 26.6 Å². The molecule has 3 saturated carbocycles. The van der Waals surface area contributed by atoms with Crippen molar-refractivity contribution in [2.24, 2.45) is 12.5 Å². The van der Waals surface area contributed by atoms with Crippen LogP contribution in [0.1, 0.15) is 67.1 Å². The molecule has 7 rings (SSSR count). The van der Waals surface area contributed by atoms with Gasteiger partial charge in [0.05, 0.1) is 5.41 Å². The second-order valence-electron chi connectivity index (χ2n) is 12.0. The number of halogens is 2. The molecule has 0 atom stereocenters. The van der Waals surface area contributed by atoms with Crippen LogP contribution in [0.4, 0.5) is 8.78 Å². The summed E-state index contributed by atoms with van der Waals surface area (Å²) in [6, 6.07) is 9.44. The summed E-state index contributed by atoms with van der Waals surface area (Å²) in [5.41, 5.74) is 2.85.